The Labute approximate surface area is 186 Å². The van der Waals surface area contributed by atoms with Gasteiger partial charge in [0, 0.05) is 47.7 Å². The average Bonchev–Trinajstić information content (AvgIpc) is 2.84. The van der Waals surface area contributed by atoms with E-state index in [-0.39, 0.29) is 11.8 Å². The van der Waals surface area contributed by atoms with Crippen molar-refractivity contribution in [2.75, 3.05) is 18.4 Å². The second-order valence-corrected chi connectivity index (χ2v) is 7.33. The van der Waals surface area contributed by atoms with Crippen LogP contribution >= 0.6 is 0 Å². The van der Waals surface area contributed by atoms with Gasteiger partial charge in [0.15, 0.2) is 0 Å². The predicted molar refractivity (Wildman–Crippen MR) is 127 cm³/mol. The van der Waals surface area contributed by atoms with Gasteiger partial charge in [0.1, 0.15) is 0 Å². The van der Waals surface area contributed by atoms with Gasteiger partial charge in [-0.25, -0.2) is 4.98 Å². The molecule has 0 fully saturated rings. The fourth-order valence-electron chi connectivity index (χ4n) is 3.65. The number of benzene rings is 2. The molecule has 0 radical (unpaired) electrons. The van der Waals surface area contributed by atoms with Crippen LogP contribution in [0.3, 0.4) is 0 Å². The molecule has 32 heavy (non-hydrogen) atoms. The molecule has 1 N–H and O–H groups in total. The van der Waals surface area contributed by atoms with E-state index < -0.39 is 0 Å². The third-order valence-electron chi connectivity index (χ3n) is 5.34. The number of fused-ring (bicyclic) bond motifs is 1. The molecule has 0 aliphatic carbocycles. The minimum absolute atomic E-state index is 0.0562. The highest BCUT2D eigenvalue weighted by Gasteiger charge is 2.16. The van der Waals surface area contributed by atoms with E-state index in [2.05, 4.69) is 10.3 Å². The van der Waals surface area contributed by atoms with Crippen LogP contribution in [0.2, 0.25) is 0 Å². The number of anilines is 1. The molecule has 0 saturated heterocycles. The molecule has 0 bridgehead atoms. The van der Waals surface area contributed by atoms with Crippen molar-refractivity contribution < 1.29 is 9.59 Å². The number of aromatic nitrogens is 2. The summed E-state index contributed by atoms with van der Waals surface area (Å²) in [5.74, 6) is -0.319. The number of carbonyl (C=O) groups excluding carboxylic acids is 2. The van der Waals surface area contributed by atoms with Crippen LogP contribution in [-0.2, 0) is 0 Å². The van der Waals surface area contributed by atoms with Crippen LogP contribution in [0, 0.1) is 0 Å². The van der Waals surface area contributed by atoms with Crippen LogP contribution < -0.4 is 5.32 Å². The van der Waals surface area contributed by atoms with E-state index in [0.717, 1.165) is 16.5 Å². The van der Waals surface area contributed by atoms with Gasteiger partial charge in [-0.15, -0.1) is 0 Å². The largest absolute Gasteiger partial charge is 0.339 e. The van der Waals surface area contributed by atoms with E-state index in [1.165, 1.54) is 0 Å². The van der Waals surface area contributed by atoms with E-state index in [9.17, 15) is 9.59 Å². The van der Waals surface area contributed by atoms with Gasteiger partial charge >= 0.3 is 0 Å². The number of pyridine rings is 2. The predicted octanol–water partition coefficient (Wildman–Crippen LogP) is 5.03. The number of nitrogens with one attached hydrogen (secondary N) is 1. The number of para-hydroxylation sites is 1. The van der Waals surface area contributed by atoms with E-state index in [1.54, 1.807) is 47.6 Å². The zero-order valence-corrected chi connectivity index (χ0v) is 18.1. The quantitative estimate of drug-likeness (QED) is 0.471. The Bertz CT molecular complexity index is 1270. The van der Waals surface area contributed by atoms with E-state index in [4.69, 9.17) is 4.98 Å². The first-order chi connectivity index (χ1) is 15.6. The number of carbonyl (C=O) groups is 2. The average molecular weight is 425 g/mol. The Morgan fingerprint density at radius 2 is 1.75 bits per heavy atom. The molecule has 0 aliphatic heterocycles. The standard InChI is InChI=1S/C26H24N4O2/c1-3-30(4-2)26(32)18-9-7-11-20(15-18)28-25(31)22-16-24(19-10-8-14-27-17-19)29-23-13-6-5-12-21(22)23/h5-17H,3-4H2,1-2H3,(H,28,31). The Morgan fingerprint density at radius 3 is 2.50 bits per heavy atom. The Hall–Kier alpha value is -4.06. The minimum atomic E-state index is -0.263. The smallest absolute Gasteiger partial charge is 0.256 e. The maximum Gasteiger partial charge on any atom is 0.256 e. The second kappa shape index (κ2) is 9.39. The van der Waals surface area contributed by atoms with Crippen molar-refractivity contribution in [1.82, 2.24) is 14.9 Å². The molecule has 0 atom stereocenters. The highest BCUT2D eigenvalue weighted by atomic mass is 16.2. The molecule has 0 saturated carbocycles. The number of nitrogens with zero attached hydrogens (tertiary/aromatic N) is 3. The summed E-state index contributed by atoms with van der Waals surface area (Å²) in [5, 5.41) is 3.70. The van der Waals surface area contributed by atoms with Crippen molar-refractivity contribution in [1.29, 1.82) is 0 Å². The molecule has 0 unspecified atom stereocenters. The van der Waals surface area contributed by atoms with Gasteiger partial charge in [-0.05, 0) is 56.3 Å². The Balaban J connectivity index is 1.69. The van der Waals surface area contributed by atoms with E-state index >= 15 is 0 Å². The van der Waals surface area contributed by atoms with E-state index in [0.29, 0.717) is 35.6 Å². The normalized spacial score (nSPS) is 10.7. The van der Waals surface area contributed by atoms with Crippen molar-refractivity contribution in [2.24, 2.45) is 0 Å². The molecule has 2 aromatic heterocycles. The first-order valence-corrected chi connectivity index (χ1v) is 10.6. The molecule has 0 aliphatic rings. The fraction of sp³-hybridized carbons (Fsp3) is 0.154. The molecule has 2 aromatic carbocycles. The zero-order chi connectivity index (χ0) is 22.5. The maximum atomic E-state index is 13.3. The molecular formula is C26H24N4O2. The first kappa shape index (κ1) is 21.2. The van der Waals surface area contributed by atoms with Crippen molar-refractivity contribution in [3.8, 4) is 11.3 Å². The number of amides is 2. The van der Waals surface area contributed by atoms with Crippen LogP contribution in [0.5, 0.6) is 0 Å². The lowest BCUT2D eigenvalue weighted by molar-refractivity contribution is 0.0772. The SMILES string of the molecule is CCN(CC)C(=O)c1cccc(NC(=O)c2cc(-c3cccnc3)nc3ccccc23)c1. The molecule has 2 amide bonds. The first-order valence-electron chi connectivity index (χ1n) is 10.6. The lowest BCUT2D eigenvalue weighted by Crippen LogP contribution is -2.30. The van der Waals surface area contributed by atoms with Crippen LogP contribution in [0.25, 0.3) is 22.2 Å². The van der Waals surface area contributed by atoms with Crippen molar-refractivity contribution in [3.63, 3.8) is 0 Å². The van der Waals surface area contributed by atoms with Crippen LogP contribution in [0.4, 0.5) is 5.69 Å². The van der Waals surface area contributed by atoms with Gasteiger partial charge in [-0.2, -0.15) is 0 Å². The highest BCUT2D eigenvalue weighted by molar-refractivity contribution is 6.13. The van der Waals surface area contributed by atoms with Gasteiger partial charge in [0.05, 0.1) is 16.8 Å². The zero-order valence-electron chi connectivity index (χ0n) is 18.1. The number of hydrogen-bond donors (Lipinski definition) is 1. The third-order valence-corrected chi connectivity index (χ3v) is 5.34. The molecule has 4 aromatic rings. The lowest BCUT2D eigenvalue weighted by Gasteiger charge is -2.19. The monoisotopic (exact) mass is 424 g/mol. The fourth-order valence-corrected chi connectivity index (χ4v) is 3.65. The van der Waals surface area contributed by atoms with Crippen LogP contribution in [-0.4, -0.2) is 39.8 Å². The van der Waals surface area contributed by atoms with Crippen LogP contribution in [0.15, 0.2) is 79.1 Å². The Morgan fingerprint density at radius 1 is 0.938 bits per heavy atom. The topological polar surface area (TPSA) is 75.2 Å². The molecule has 6 nitrogen and oxygen atoms in total. The van der Waals surface area contributed by atoms with Crippen molar-refractivity contribution in [2.45, 2.75) is 13.8 Å². The molecule has 4 rings (SSSR count). The van der Waals surface area contributed by atoms with Gasteiger partial charge in [-0.3, -0.25) is 14.6 Å². The van der Waals surface area contributed by atoms with Gasteiger partial charge in [0.2, 0.25) is 0 Å². The summed E-state index contributed by atoms with van der Waals surface area (Å²) in [5.41, 5.74) is 3.85. The third kappa shape index (κ3) is 4.34. The second-order valence-electron chi connectivity index (χ2n) is 7.33. The van der Waals surface area contributed by atoms with Crippen LogP contribution in [0.1, 0.15) is 34.6 Å². The highest BCUT2D eigenvalue weighted by Crippen LogP contribution is 2.25. The Kier molecular flexibility index (Phi) is 6.22. The minimum Gasteiger partial charge on any atom is -0.339 e. The summed E-state index contributed by atoms with van der Waals surface area (Å²) in [6.45, 7) is 5.15. The van der Waals surface area contributed by atoms with Gasteiger partial charge < -0.3 is 10.2 Å². The van der Waals surface area contributed by atoms with Gasteiger partial charge in [-0.1, -0.05) is 24.3 Å². The molecule has 6 heteroatoms. The molecular weight excluding hydrogens is 400 g/mol. The number of hydrogen-bond acceptors (Lipinski definition) is 4. The van der Waals surface area contributed by atoms with Gasteiger partial charge in [0.25, 0.3) is 11.8 Å². The summed E-state index contributed by atoms with van der Waals surface area (Å²) >= 11 is 0. The molecule has 2 heterocycles. The summed E-state index contributed by atoms with van der Waals surface area (Å²) in [6, 6.07) is 20.1. The van der Waals surface area contributed by atoms with Crippen molar-refractivity contribution in [3.05, 3.63) is 90.3 Å². The van der Waals surface area contributed by atoms with E-state index in [1.807, 2.05) is 50.2 Å². The summed E-state index contributed by atoms with van der Waals surface area (Å²) in [7, 11) is 0. The summed E-state index contributed by atoms with van der Waals surface area (Å²) in [4.78, 5) is 36.6. The maximum absolute atomic E-state index is 13.3. The summed E-state index contributed by atoms with van der Waals surface area (Å²) < 4.78 is 0. The van der Waals surface area contributed by atoms with Crippen molar-refractivity contribution >= 4 is 28.4 Å². The molecule has 0 spiro atoms. The molecule has 160 valence electrons. The lowest BCUT2D eigenvalue weighted by atomic mass is 10.0. The number of rotatable bonds is 6. The summed E-state index contributed by atoms with van der Waals surface area (Å²) in [6.07, 6.45) is 3.42.